The van der Waals surface area contributed by atoms with Gasteiger partial charge in [-0.25, -0.2) is 0 Å². The number of methoxy groups -OCH3 is 1. The summed E-state index contributed by atoms with van der Waals surface area (Å²) in [5, 5.41) is 1.03. The molecule has 2 nitrogen and oxygen atoms in total. The number of benzene rings is 1. The van der Waals surface area contributed by atoms with Gasteiger partial charge < -0.3 is 9.64 Å². The lowest BCUT2D eigenvalue weighted by molar-refractivity contribution is 0.182. The van der Waals surface area contributed by atoms with Gasteiger partial charge in [0.1, 0.15) is 5.75 Å². The monoisotopic (exact) mass is 327 g/mol. The zero-order valence-electron chi connectivity index (χ0n) is 12.7. The predicted octanol–water partition coefficient (Wildman–Crippen LogP) is 4.18. The van der Waals surface area contributed by atoms with E-state index in [0.29, 0.717) is 11.3 Å². The standard InChI is InChI=1S/C16H26BrNO/c1-16(2,3)14(10-17)12-18(4)11-13-8-6-7-9-15(13)19-5/h6-9,14H,10-12H2,1-5H3. The average molecular weight is 328 g/mol. The molecule has 1 aromatic rings. The lowest BCUT2D eigenvalue weighted by Gasteiger charge is -2.33. The van der Waals surface area contributed by atoms with Gasteiger partial charge in [-0.2, -0.15) is 0 Å². The van der Waals surface area contributed by atoms with Crippen LogP contribution in [0.15, 0.2) is 24.3 Å². The van der Waals surface area contributed by atoms with E-state index >= 15 is 0 Å². The number of para-hydroxylation sites is 1. The van der Waals surface area contributed by atoms with E-state index in [9.17, 15) is 0 Å². The summed E-state index contributed by atoms with van der Waals surface area (Å²) < 4.78 is 5.41. The van der Waals surface area contributed by atoms with Gasteiger partial charge in [0.15, 0.2) is 0 Å². The number of ether oxygens (including phenoxy) is 1. The third kappa shape index (κ3) is 5.15. The van der Waals surface area contributed by atoms with Crippen LogP contribution in [-0.4, -0.2) is 30.9 Å². The molecule has 0 saturated heterocycles. The summed E-state index contributed by atoms with van der Waals surface area (Å²) in [4.78, 5) is 2.37. The summed E-state index contributed by atoms with van der Waals surface area (Å²) in [6.07, 6.45) is 0. The van der Waals surface area contributed by atoms with E-state index in [0.717, 1.165) is 24.2 Å². The maximum atomic E-state index is 5.41. The first-order valence-corrected chi connectivity index (χ1v) is 7.87. The van der Waals surface area contributed by atoms with E-state index in [1.165, 1.54) is 5.56 Å². The van der Waals surface area contributed by atoms with Crippen molar-refractivity contribution in [3.8, 4) is 5.75 Å². The number of halogens is 1. The second-order valence-electron chi connectivity index (χ2n) is 6.23. The molecule has 0 N–H and O–H groups in total. The van der Waals surface area contributed by atoms with Crippen LogP contribution >= 0.6 is 15.9 Å². The summed E-state index contributed by atoms with van der Waals surface area (Å²) in [7, 11) is 3.91. The van der Waals surface area contributed by atoms with Crippen LogP contribution in [0.5, 0.6) is 5.75 Å². The minimum absolute atomic E-state index is 0.318. The molecule has 0 aliphatic heterocycles. The van der Waals surface area contributed by atoms with Crippen LogP contribution in [0.1, 0.15) is 26.3 Å². The molecule has 1 unspecified atom stereocenters. The molecule has 0 radical (unpaired) electrons. The Kier molecular flexibility index (Phi) is 6.34. The Morgan fingerprint density at radius 1 is 1.26 bits per heavy atom. The highest BCUT2D eigenvalue weighted by atomic mass is 79.9. The lowest BCUT2D eigenvalue weighted by atomic mass is 9.82. The Bertz CT molecular complexity index is 387. The molecule has 1 atom stereocenters. The van der Waals surface area contributed by atoms with Gasteiger partial charge in [0.05, 0.1) is 7.11 Å². The molecule has 0 aliphatic carbocycles. The Morgan fingerprint density at radius 3 is 2.42 bits per heavy atom. The average Bonchev–Trinajstić information content (AvgIpc) is 2.35. The van der Waals surface area contributed by atoms with Gasteiger partial charge in [-0.15, -0.1) is 0 Å². The van der Waals surface area contributed by atoms with Gasteiger partial charge in [-0.1, -0.05) is 54.9 Å². The second-order valence-corrected chi connectivity index (χ2v) is 6.87. The van der Waals surface area contributed by atoms with Gasteiger partial charge in [-0.3, -0.25) is 0 Å². The minimum atomic E-state index is 0.318. The van der Waals surface area contributed by atoms with Crippen molar-refractivity contribution in [2.75, 3.05) is 26.0 Å². The van der Waals surface area contributed by atoms with E-state index in [4.69, 9.17) is 4.74 Å². The molecule has 0 saturated carbocycles. The first-order chi connectivity index (χ1) is 8.88. The largest absolute Gasteiger partial charge is 0.496 e. The van der Waals surface area contributed by atoms with E-state index < -0.39 is 0 Å². The molecule has 0 spiro atoms. The topological polar surface area (TPSA) is 12.5 Å². The molecule has 0 aromatic heterocycles. The Balaban J connectivity index is 2.67. The molecule has 0 bridgehead atoms. The normalized spacial score (nSPS) is 13.6. The fourth-order valence-electron chi connectivity index (χ4n) is 2.12. The maximum Gasteiger partial charge on any atom is 0.123 e. The van der Waals surface area contributed by atoms with Gasteiger partial charge >= 0.3 is 0 Å². The fraction of sp³-hybridized carbons (Fsp3) is 0.625. The van der Waals surface area contributed by atoms with Crippen LogP contribution in [0.25, 0.3) is 0 Å². The van der Waals surface area contributed by atoms with Gasteiger partial charge in [0.2, 0.25) is 0 Å². The number of rotatable bonds is 6. The number of nitrogens with zero attached hydrogens (tertiary/aromatic N) is 1. The SMILES string of the molecule is COc1ccccc1CN(C)CC(CBr)C(C)(C)C. The highest BCUT2D eigenvalue weighted by Gasteiger charge is 2.24. The molecule has 0 fully saturated rings. The van der Waals surface area contributed by atoms with E-state index in [1.54, 1.807) is 7.11 Å². The molecule has 0 heterocycles. The van der Waals surface area contributed by atoms with Crippen LogP contribution in [0.2, 0.25) is 0 Å². The van der Waals surface area contributed by atoms with Crippen LogP contribution in [-0.2, 0) is 6.54 Å². The quantitative estimate of drug-likeness (QED) is 0.726. The Hall–Kier alpha value is -0.540. The van der Waals surface area contributed by atoms with Crippen molar-refractivity contribution in [1.29, 1.82) is 0 Å². The second kappa shape index (κ2) is 7.30. The molecule has 1 aromatic carbocycles. The molecule has 108 valence electrons. The van der Waals surface area contributed by atoms with Crippen molar-refractivity contribution in [2.45, 2.75) is 27.3 Å². The zero-order valence-corrected chi connectivity index (χ0v) is 14.3. The maximum absolute atomic E-state index is 5.41. The molecule has 0 amide bonds. The van der Waals surface area contributed by atoms with E-state index in [-0.39, 0.29) is 0 Å². The van der Waals surface area contributed by atoms with Crippen molar-refractivity contribution in [3.05, 3.63) is 29.8 Å². The number of alkyl halides is 1. The summed E-state index contributed by atoms with van der Waals surface area (Å²) in [5.41, 5.74) is 1.56. The van der Waals surface area contributed by atoms with Gasteiger partial charge in [0.25, 0.3) is 0 Å². The molecule has 0 aliphatic rings. The Labute approximate surface area is 126 Å². The summed E-state index contributed by atoms with van der Waals surface area (Å²) >= 11 is 3.64. The number of hydrogen-bond donors (Lipinski definition) is 0. The van der Waals surface area contributed by atoms with Gasteiger partial charge in [-0.05, 0) is 24.4 Å². The number of hydrogen-bond acceptors (Lipinski definition) is 2. The van der Waals surface area contributed by atoms with Gasteiger partial charge in [0, 0.05) is 24.0 Å². The summed E-state index contributed by atoms with van der Waals surface area (Å²) in [6, 6.07) is 8.24. The zero-order chi connectivity index (χ0) is 14.5. The molecular weight excluding hydrogens is 302 g/mol. The van der Waals surface area contributed by atoms with E-state index in [2.05, 4.69) is 60.8 Å². The van der Waals surface area contributed by atoms with E-state index in [1.807, 2.05) is 12.1 Å². The van der Waals surface area contributed by atoms with Crippen molar-refractivity contribution in [3.63, 3.8) is 0 Å². The molecule has 1 rings (SSSR count). The lowest BCUT2D eigenvalue weighted by Crippen LogP contribution is -2.34. The first kappa shape index (κ1) is 16.5. The highest BCUT2D eigenvalue weighted by Crippen LogP contribution is 2.29. The highest BCUT2D eigenvalue weighted by molar-refractivity contribution is 9.09. The smallest absolute Gasteiger partial charge is 0.123 e. The third-order valence-electron chi connectivity index (χ3n) is 3.58. The first-order valence-electron chi connectivity index (χ1n) is 6.75. The van der Waals surface area contributed by atoms with Crippen molar-refractivity contribution in [1.82, 2.24) is 4.90 Å². The fourth-order valence-corrected chi connectivity index (χ4v) is 3.30. The van der Waals surface area contributed by atoms with Crippen LogP contribution in [0.4, 0.5) is 0 Å². The predicted molar refractivity (Wildman–Crippen MR) is 86.1 cm³/mol. The molecular formula is C16H26BrNO. The molecule has 3 heteroatoms. The van der Waals surface area contributed by atoms with Crippen molar-refractivity contribution < 1.29 is 4.74 Å². The summed E-state index contributed by atoms with van der Waals surface area (Å²) in [6.45, 7) is 8.90. The Morgan fingerprint density at radius 2 is 1.89 bits per heavy atom. The third-order valence-corrected chi connectivity index (χ3v) is 4.36. The molecule has 19 heavy (non-hydrogen) atoms. The minimum Gasteiger partial charge on any atom is -0.496 e. The summed E-state index contributed by atoms with van der Waals surface area (Å²) in [5.74, 6) is 1.60. The van der Waals surface area contributed by atoms with Crippen molar-refractivity contribution >= 4 is 15.9 Å². The van der Waals surface area contributed by atoms with Crippen LogP contribution < -0.4 is 4.74 Å². The van der Waals surface area contributed by atoms with Crippen molar-refractivity contribution in [2.24, 2.45) is 11.3 Å². The van der Waals surface area contributed by atoms with Crippen LogP contribution in [0.3, 0.4) is 0 Å². The van der Waals surface area contributed by atoms with Crippen LogP contribution in [0, 0.1) is 11.3 Å².